The fourth-order valence-corrected chi connectivity index (χ4v) is 5.38. The lowest BCUT2D eigenvalue weighted by atomic mass is 10.1. The molecule has 0 unspecified atom stereocenters. The average Bonchev–Trinajstić information content (AvgIpc) is 3.74. The molecule has 9 nitrogen and oxygen atoms in total. The third-order valence-corrected chi connectivity index (χ3v) is 7.67. The molecule has 0 bridgehead atoms. The molecule has 0 aliphatic carbocycles. The molecular weight excluding hydrogens is 522 g/mol. The van der Waals surface area contributed by atoms with Gasteiger partial charge in [-0.25, -0.2) is 9.97 Å². The smallest absolute Gasteiger partial charge is 0.169 e. The van der Waals surface area contributed by atoms with Gasteiger partial charge in [-0.1, -0.05) is 30.3 Å². The lowest BCUT2D eigenvalue weighted by molar-refractivity contribution is 0.102. The third-order valence-electron chi connectivity index (χ3n) is 6.48. The van der Waals surface area contributed by atoms with Crippen LogP contribution in [0.5, 0.6) is 5.75 Å². The molecule has 2 N–H and O–H groups in total. The van der Waals surface area contributed by atoms with E-state index in [0.717, 1.165) is 32.7 Å². The van der Waals surface area contributed by atoms with Gasteiger partial charge < -0.3 is 9.72 Å². The number of ether oxygens (including phenoxy) is 1. The van der Waals surface area contributed by atoms with Crippen LogP contribution in [-0.4, -0.2) is 40.9 Å². The Hall–Kier alpha value is -5.22. The summed E-state index contributed by atoms with van der Waals surface area (Å²) in [5, 5.41) is 7.58. The van der Waals surface area contributed by atoms with E-state index in [1.807, 2.05) is 66.7 Å². The van der Waals surface area contributed by atoms with Gasteiger partial charge in [0.2, 0.25) is 0 Å². The van der Waals surface area contributed by atoms with Gasteiger partial charge in [0.05, 0.1) is 32.7 Å². The number of imidazole rings is 1. The first-order valence-corrected chi connectivity index (χ1v) is 13.4. The summed E-state index contributed by atoms with van der Waals surface area (Å²) in [6.45, 7) is 2.01. The number of carbonyl (C=O) groups excluding carboxylic acids is 1. The Morgan fingerprint density at radius 3 is 2.65 bits per heavy atom. The molecule has 7 aromatic rings. The van der Waals surface area contributed by atoms with E-state index in [1.54, 1.807) is 25.5 Å². The number of fused-ring (bicyclic) bond motifs is 2. The molecule has 0 atom stereocenters. The van der Waals surface area contributed by atoms with Gasteiger partial charge in [-0.05, 0) is 48.9 Å². The predicted molar refractivity (Wildman–Crippen MR) is 154 cm³/mol. The maximum absolute atomic E-state index is 11.8. The van der Waals surface area contributed by atoms with Crippen molar-refractivity contribution in [3.8, 4) is 39.1 Å². The second kappa shape index (κ2) is 9.83. The highest BCUT2D eigenvalue weighted by atomic mass is 32.1. The zero-order valence-electron chi connectivity index (χ0n) is 21.3. The van der Waals surface area contributed by atoms with Crippen LogP contribution in [0.3, 0.4) is 0 Å². The Labute approximate surface area is 232 Å². The SMILES string of the molecule is CC(=O)c1ccc(-c2nccc3[nH]c(-c4n[nH]c5ccc(-c6cncc(OCc7ccccc7)c6)nc45)nc23)s1. The van der Waals surface area contributed by atoms with Crippen molar-refractivity contribution in [1.82, 2.24) is 35.1 Å². The zero-order valence-corrected chi connectivity index (χ0v) is 22.1. The van der Waals surface area contributed by atoms with Crippen molar-refractivity contribution in [3.05, 3.63) is 95.8 Å². The topological polar surface area (TPSA) is 122 Å². The largest absolute Gasteiger partial charge is 0.487 e. The Morgan fingerprint density at radius 1 is 0.925 bits per heavy atom. The number of aromatic nitrogens is 7. The monoisotopic (exact) mass is 543 g/mol. The van der Waals surface area contributed by atoms with Crippen LogP contribution in [0.2, 0.25) is 0 Å². The van der Waals surface area contributed by atoms with E-state index in [0.29, 0.717) is 45.5 Å². The van der Waals surface area contributed by atoms with Crippen molar-refractivity contribution in [2.24, 2.45) is 0 Å². The molecule has 0 aliphatic rings. The summed E-state index contributed by atoms with van der Waals surface area (Å²) >= 11 is 1.40. The number of nitrogens with one attached hydrogen (secondary N) is 2. The van der Waals surface area contributed by atoms with Crippen molar-refractivity contribution < 1.29 is 9.53 Å². The Bertz CT molecular complexity index is 2010. The van der Waals surface area contributed by atoms with E-state index >= 15 is 0 Å². The number of hydrogen-bond donors (Lipinski definition) is 2. The van der Waals surface area contributed by atoms with Gasteiger partial charge in [0.15, 0.2) is 17.3 Å². The van der Waals surface area contributed by atoms with Crippen LogP contribution in [0, 0.1) is 0 Å². The molecule has 40 heavy (non-hydrogen) atoms. The summed E-state index contributed by atoms with van der Waals surface area (Å²) < 4.78 is 5.97. The number of rotatable bonds is 7. The van der Waals surface area contributed by atoms with Crippen LogP contribution in [0.4, 0.5) is 0 Å². The van der Waals surface area contributed by atoms with Gasteiger partial charge >= 0.3 is 0 Å². The molecular formula is C30H21N7O2S. The average molecular weight is 544 g/mol. The minimum atomic E-state index is 0.0273. The van der Waals surface area contributed by atoms with E-state index in [-0.39, 0.29) is 5.78 Å². The molecule has 0 saturated carbocycles. The van der Waals surface area contributed by atoms with Crippen LogP contribution < -0.4 is 4.74 Å². The van der Waals surface area contributed by atoms with E-state index in [2.05, 4.69) is 25.1 Å². The second-order valence-corrected chi connectivity index (χ2v) is 10.3. The number of aromatic amines is 2. The second-order valence-electron chi connectivity index (χ2n) is 9.21. The van der Waals surface area contributed by atoms with Crippen molar-refractivity contribution >= 4 is 39.2 Å². The molecule has 0 spiro atoms. The number of nitrogens with zero attached hydrogens (tertiary/aromatic N) is 5. The molecule has 194 valence electrons. The van der Waals surface area contributed by atoms with Crippen molar-refractivity contribution in [2.45, 2.75) is 13.5 Å². The molecule has 0 amide bonds. The summed E-state index contributed by atoms with van der Waals surface area (Å²) in [6.07, 6.45) is 5.19. The lowest BCUT2D eigenvalue weighted by Crippen LogP contribution is -1.96. The molecule has 1 aromatic carbocycles. The summed E-state index contributed by atoms with van der Waals surface area (Å²) in [5.74, 6) is 1.26. The highest BCUT2D eigenvalue weighted by Gasteiger charge is 2.18. The molecule has 0 saturated heterocycles. The normalized spacial score (nSPS) is 11.3. The summed E-state index contributed by atoms with van der Waals surface area (Å²) in [7, 11) is 0. The molecule has 7 rings (SSSR count). The number of thiophene rings is 1. The van der Waals surface area contributed by atoms with Gasteiger partial charge in [0, 0.05) is 18.0 Å². The number of carbonyl (C=O) groups is 1. The molecule has 10 heteroatoms. The summed E-state index contributed by atoms with van der Waals surface area (Å²) in [5.41, 5.74) is 6.94. The van der Waals surface area contributed by atoms with Gasteiger partial charge in [-0.3, -0.25) is 19.9 Å². The highest BCUT2D eigenvalue weighted by Crippen LogP contribution is 2.34. The van der Waals surface area contributed by atoms with Gasteiger partial charge in [0.1, 0.15) is 29.1 Å². The van der Waals surface area contributed by atoms with Gasteiger partial charge in [-0.2, -0.15) is 5.10 Å². The van der Waals surface area contributed by atoms with Gasteiger partial charge in [0.25, 0.3) is 0 Å². The van der Waals surface area contributed by atoms with E-state index in [9.17, 15) is 4.79 Å². The zero-order chi connectivity index (χ0) is 27.1. The first kappa shape index (κ1) is 23.9. The maximum atomic E-state index is 11.8. The number of hydrogen-bond acceptors (Lipinski definition) is 8. The minimum Gasteiger partial charge on any atom is -0.487 e. The lowest BCUT2D eigenvalue weighted by Gasteiger charge is -2.08. The first-order chi connectivity index (χ1) is 19.6. The van der Waals surface area contributed by atoms with E-state index in [4.69, 9.17) is 14.7 Å². The van der Waals surface area contributed by atoms with Crippen LogP contribution in [-0.2, 0) is 6.61 Å². The van der Waals surface area contributed by atoms with Crippen molar-refractivity contribution in [1.29, 1.82) is 0 Å². The molecule has 0 fully saturated rings. The number of pyridine rings is 3. The first-order valence-electron chi connectivity index (χ1n) is 12.6. The number of ketones is 1. The van der Waals surface area contributed by atoms with Crippen LogP contribution in [0.15, 0.2) is 85.3 Å². The molecule has 0 radical (unpaired) electrons. The Balaban J connectivity index is 1.23. The van der Waals surface area contributed by atoms with Crippen LogP contribution in [0.25, 0.3) is 55.4 Å². The third kappa shape index (κ3) is 4.40. The minimum absolute atomic E-state index is 0.0273. The molecule has 0 aliphatic heterocycles. The fourth-order valence-electron chi connectivity index (χ4n) is 4.49. The van der Waals surface area contributed by atoms with Crippen molar-refractivity contribution in [3.63, 3.8) is 0 Å². The Morgan fingerprint density at radius 2 is 1.80 bits per heavy atom. The highest BCUT2D eigenvalue weighted by molar-refractivity contribution is 7.17. The standard InChI is InChI=1S/C30H21N7O2S/c1-17(38)24-9-10-25(40-24)28-26-22(11-12-32-28)34-30(35-26)29-27-23(36-37-29)8-7-21(33-27)19-13-20(15-31-14-19)39-16-18-5-3-2-4-6-18/h2-15H,16H2,1H3,(H,34,35)(H,36,37). The van der Waals surface area contributed by atoms with Crippen LogP contribution in [0.1, 0.15) is 22.2 Å². The van der Waals surface area contributed by atoms with Gasteiger partial charge in [-0.15, -0.1) is 11.3 Å². The number of Topliss-reactive ketones (excluding diaryl/α,β-unsaturated/α-hetero) is 1. The fraction of sp³-hybridized carbons (Fsp3) is 0.0667. The van der Waals surface area contributed by atoms with E-state index < -0.39 is 0 Å². The van der Waals surface area contributed by atoms with Crippen molar-refractivity contribution in [2.75, 3.05) is 0 Å². The number of benzene rings is 1. The summed E-state index contributed by atoms with van der Waals surface area (Å²) in [6, 6.07) is 21.4. The van der Waals surface area contributed by atoms with Crippen LogP contribution >= 0.6 is 11.3 Å². The Kier molecular flexibility index (Phi) is 5.86. The summed E-state index contributed by atoms with van der Waals surface area (Å²) in [4.78, 5) is 35.4. The van der Waals surface area contributed by atoms with E-state index in [1.165, 1.54) is 11.3 Å². The molecule has 6 heterocycles. The predicted octanol–water partition coefficient (Wildman–Crippen LogP) is 6.47. The maximum Gasteiger partial charge on any atom is 0.169 e. The quantitative estimate of drug-likeness (QED) is 0.221. The number of H-pyrrole nitrogens is 2. The molecule has 6 aromatic heterocycles.